The normalized spacial score (nSPS) is 15.9. The van der Waals surface area contributed by atoms with Crippen molar-refractivity contribution in [1.29, 1.82) is 0 Å². The number of rotatable bonds is 5. The van der Waals surface area contributed by atoms with E-state index in [1.807, 2.05) is 30.3 Å². The smallest absolute Gasteiger partial charge is 0.161 e. The molecule has 0 bridgehead atoms. The van der Waals surface area contributed by atoms with E-state index in [9.17, 15) is 9.50 Å². The van der Waals surface area contributed by atoms with Crippen LogP contribution in [-0.4, -0.2) is 41.5 Å². The molecule has 1 aliphatic rings. The molecule has 2 aromatic heterocycles. The third kappa shape index (κ3) is 3.42. The highest BCUT2D eigenvalue weighted by molar-refractivity contribution is 8.00. The van der Waals surface area contributed by atoms with E-state index in [0.29, 0.717) is 40.0 Å². The molecule has 0 radical (unpaired) electrons. The van der Waals surface area contributed by atoms with E-state index < -0.39 is 12.0 Å². The number of aliphatic imine (C=N–C) groups is 1. The molecule has 0 saturated heterocycles. The first-order chi connectivity index (χ1) is 14.7. The number of benzene rings is 2. The summed E-state index contributed by atoms with van der Waals surface area (Å²) in [6, 6.07) is 14.4. The van der Waals surface area contributed by atoms with E-state index in [-0.39, 0.29) is 5.56 Å². The summed E-state index contributed by atoms with van der Waals surface area (Å²) in [5.41, 5.74) is 2.96. The van der Waals surface area contributed by atoms with Crippen molar-refractivity contribution in [2.45, 2.75) is 17.8 Å². The van der Waals surface area contributed by atoms with Gasteiger partial charge in [0.25, 0.3) is 0 Å². The molecule has 1 atom stereocenters. The molecule has 9 heteroatoms. The Balaban J connectivity index is 1.49. The highest BCUT2D eigenvalue weighted by atomic mass is 32.2. The predicted molar refractivity (Wildman–Crippen MR) is 113 cm³/mol. The highest BCUT2D eigenvalue weighted by Gasteiger charge is 2.31. The number of aliphatic hydroxyl groups excluding tert-OH is 1. The number of aromatic amines is 1. The summed E-state index contributed by atoms with van der Waals surface area (Å²) < 4.78 is 14.5. The second-order valence-corrected chi connectivity index (χ2v) is 7.72. The SMILES string of the molecule is OC1c2c(F)cccc2N=C(CSc2ncnc3[nH]cnc23)N1Cc1ccccc1. The number of nitrogens with one attached hydrogen (secondary N) is 1. The van der Waals surface area contributed by atoms with Crippen LogP contribution in [-0.2, 0) is 6.54 Å². The Morgan fingerprint density at radius 1 is 1.07 bits per heavy atom. The lowest BCUT2D eigenvalue weighted by Gasteiger charge is -2.35. The number of halogens is 1. The maximum atomic E-state index is 14.5. The van der Waals surface area contributed by atoms with Crippen molar-refractivity contribution in [2.24, 2.45) is 4.99 Å². The van der Waals surface area contributed by atoms with Gasteiger partial charge in [0, 0.05) is 6.54 Å². The van der Waals surface area contributed by atoms with Crippen molar-refractivity contribution in [1.82, 2.24) is 24.8 Å². The molecule has 0 amide bonds. The lowest BCUT2D eigenvalue weighted by molar-refractivity contribution is 0.0422. The van der Waals surface area contributed by atoms with Crippen molar-refractivity contribution in [3.8, 4) is 0 Å². The number of hydrogen-bond acceptors (Lipinski definition) is 7. The van der Waals surface area contributed by atoms with Crippen LogP contribution in [0, 0.1) is 5.82 Å². The quantitative estimate of drug-likeness (QED) is 0.377. The van der Waals surface area contributed by atoms with Gasteiger partial charge in [-0.3, -0.25) is 0 Å². The molecular weight excluding hydrogens is 403 g/mol. The lowest BCUT2D eigenvalue weighted by atomic mass is 10.1. The third-order valence-electron chi connectivity index (χ3n) is 4.88. The topological polar surface area (TPSA) is 90.3 Å². The Labute approximate surface area is 175 Å². The molecular formula is C21H17FN6OS. The van der Waals surface area contributed by atoms with E-state index in [2.05, 4.69) is 24.9 Å². The number of aliphatic hydroxyl groups is 1. The fourth-order valence-electron chi connectivity index (χ4n) is 3.43. The number of amidine groups is 1. The first-order valence-electron chi connectivity index (χ1n) is 9.32. The molecule has 3 heterocycles. The number of hydrogen-bond donors (Lipinski definition) is 2. The van der Waals surface area contributed by atoms with Crippen LogP contribution in [0.2, 0.25) is 0 Å². The minimum atomic E-state index is -1.13. The van der Waals surface area contributed by atoms with Crippen LogP contribution >= 0.6 is 11.8 Å². The van der Waals surface area contributed by atoms with Gasteiger partial charge in [-0.05, 0) is 17.7 Å². The fraction of sp³-hybridized carbons (Fsp3) is 0.143. The van der Waals surface area contributed by atoms with Crippen molar-refractivity contribution in [2.75, 3.05) is 5.75 Å². The summed E-state index contributed by atoms with van der Waals surface area (Å²) in [6.07, 6.45) is 1.92. The van der Waals surface area contributed by atoms with Gasteiger partial charge in [-0.15, -0.1) is 0 Å². The second kappa shape index (κ2) is 7.85. The summed E-state index contributed by atoms with van der Waals surface area (Å²) in [6.45, 7) is 0.400. The Kier molecular flexibility index (Phi) is 4.89. The summed E-state index contributed by atoms with van der Waals surface area (Å²) in [5, 5.41) is 11.7. The zero-order valence-corrected chi connectivity index (χ0v) is 16.6. The van der Waals surface area contributed by atoms with E-state index in [1.165, 1.54) is 24.2 Å². The van der Waals surface area contributed by atoms with Crippen LogP contribution in [0.15, 0.2) is 71.2 Å². The van der Waals surface area contributed by atoms with Crippen LogP contribution in [0.3, 0.4) is 0 Å². The molecule has 150 valence electrons. The molecule has 2 aromatic carbocycles. The van der Waals surface area contributed by atoms with Crippen molar-refractivity contribution >= 4 is 34.4 Å². The molecule has 30 heavy (non-hydrogen) atoms. The van der Waals surface area contributed by atoms with Gasteiger partial charge < -0.3 is 15.0 Å². The molecule has 4 aromatic rings. The molecule has 0 spiro atoms. The number of fused-ring (bicyclic) bond motifs is 2. The van der Waals surface area contributed by atoms with E-state index in [0.717, 1.165) is 5.56 Å². The third-order valence-corrected chi connectivity index (χ3v) is 5.86. The Hall–Kier alpha value is -3.30. The van der Waals surface area contributed by atoms with Crippen LogP contribution < -0.4 is 0 Å². The van der Waals surface area contributed by atoms with Gasteiger partial charge in [-0.1, -0.05) is 48.2 Å². The lowest BCUT2D eigenvalue weighted by Crippen LogP contribution is -2.38. The first kappa shape index (κ1) is 18.7. The maximum absolute atomic E-state index is 14.5. The number of thioether (sulfide) groups is 1. The molecule has 2 N–H and O–H groups in total. The van der Waals surface area contributed by atoms with Crippen LogP contribution in [0.1, 0.15) is 17.4 Å². The van der Waals surface area contributed by atoms with Gasteiger partial charge in [0.15, 0.2) is 11.9 Å². The number of H-pyrrole nitrogens is 1. The molecule has 0 aliphatic carbocycles. The molecule has 5 rings (SSSR count). The van der Waals surface area contributed by atoms with Crippen molar-refractivity contribution in [3.63, 3.8) is 0 Å². The van der Waals surface area contributed by atoms with Crippen LogP contribution in [0.5, 0.6) is 0 Å². The standard InChI is InChI=1S/C21H17FN6OS/c22-14-7-4-8-15-17(14)21(29)28(9-13-5-2-1-3-6-13)16(27-15)10-30-20-18-19(24-11-23-18)25-12-26-20/h1-8,11-12,21,29H,9-10H2,(H,23,24,25,26). The predicted octanol–water partition coefficient (Wildman–Crippen LogP) is 3.82. The summed E-state index contributed by atoms with van der Waals surface area (Å²) in [4.78, 5) is 22.1. The van der Waals surface area contributed by atoms with Crippen LogP contribution in [0.4, 0.5) is 10.1 Å². The van der Waals surface area contributed by atoms with E-state index in [1.54, 1.807) is 23.4 Å². The monoisotopic (exact) mass is 420 g/mol. The van der Waals surface area contributed by atoms with Gasteiger partial charge in [-0.25, -0.2) is 24.3 Å². The second-order valence-electron chi connectivity index (χ2n) is 6.76. The summed E-state index contributed by atoms with van der Waals surface area (Å²) in [7, 11) is 0. The van der Waals surface area contributed by atoms with Crippen molar-refractivity contribution in [3.05, 3.63) is 78.1 Å². The largest absolute Gasteiger partial charge is 0.369 e. The molecule has 1 unspecified atom stereocenters. The fourth-order valence-corrected chi connectivity index (χ4v) is 4.34. The minimum absolute atomic E-state index is 0.193. The molecule has 0 saturated carbocycles. The Bertz CT molecular complexity index is 1230. The molecule has 7 nitrogen and oxygen atoms in total. The zero-order valence-electron chi connectivity index (χ0n) is 15.7. The number of nitrogens with zero attached hydrogens (tertiary/aromatic N) is 5. The zero-order chi connectivity index (χ0) is 20.5. The van der Waals surface area contributed by atoms with E-state index >= 15 is 0 Å². The Morgan fingerprint density at radius 3 is 2.80 bits per heavy atom. The Morgan fingerprint density at radius 2 is 1.93 bits per heavy atom. The summed E-state index contributed by atoms with van der Waals surface area (Å²) in [5.74, 6) is 0.595. The average Bonchev–Trinajstić information content (AvgIpc) is 3.25. The average molecular weight is 420 g/mol. The highest BCUT2D eigenvalue weighted by Crippen LogP contribution is 2.37. The number of imidazole rings is 1. The van der Waals surface area contributed by atoms with Gasteiger partial charge in [0.1, 0.15) is 28.5 Å². The van der Waals surface area contributed by atoms with Gasteiger partial charge in [0.2, 0.25) is 0 Å². The number of aromatic nitrogens is 4. The minimum Gasteiger partial charge on any atom is -0.369 e. The van der Waals surface area contributed by atoms with Crippen molar-refractivity contribution < 1.29 is 9.50 Å². The molecule has 1 aliphatic heterocycles. The maximum Gasteiger partial charge on any atom is 0.161 e. The van der Waals surface area contributed by atoms with Gasteiger partial charge in [-0.2, -0.15) is 0 Å². The summed E-state index contributed by atoms with van der Waals surface area (Å²) >= 11 is 1.45. The van der Waals surface area contributed by atoms with E-state index in [4.69, 9.17) is 0 Å². The van der Waals surface area contributed by atoms with Crippen LogP contribution in [0.25, 0.3) is 11.2 Å². The van der Waals surface area contributed by atoms with Gasteiger partial charge >= 0.3 is 0 Å². The first-order valence-corrected chi connectivity index (χ1v) is 10.3. The molecule has 0 fully saturated rings. The van der Waals surface area contributed by atoms with Gasteiger partial charge in [0.05, 0.1) is 23.3 Å².